The zero-order valence-electron chi connectivity index (χ0n) is 15.5. The van der Waals surface area contributed by atoms with Gasteiger partial charge in [-0.2, -0.15) is 0 Å². The summed E-state index contributed by atoms with van der Waals surface area (Å²) in [4.78, 5) is 8.83. The summed E-state index contributed by atoms with van der Waals surface area (Å²) in [5, 5.41) is 6.56. The van der Waals surface area contributed by atoms with Crippen LogP contribution >= 0.6 is 24.0 Å². The third-order valence-electron chi connectivity index (χ3n) is 3.09. The lowest BCUT2D eigenvalue weighted by Crippen LogP contribution is -2.47. The largest absolute Gasteiger partial charge is 0.439 e. The van der Waals surface area contributed by atoms with Crippen molar-refractivity contribution in [1.82, 2.24) is 15.6 Å². The fourth-order valence-electron chi connectivity index (χ4n) is 2.02. The predicted octanol–water partition coefficient (Wildman–Crippen LogP) is 4.48. The molecule has 0 amide bonds. The minimum atomic E-state index is -0.297. The average molecular weight is 472 g/mol. The number of nitrogens with zero attached hydrogens (tertiary/aromatic N) is 2. The molecule has 1 aromatic carbocycles. The maximum absolute atomic E-state index is 12.9. The highest BCUT2D eigenvalue weighted by Gasteiger charge is 2.11. The van der Waals surface area contributed by atoms with E-state index in [1.54, 1.807) is 24.4 Å². The second-order valence-electron chi connectivity index (χ2n) is 6.63. The molecule has 0 aliphatic rings. The fraction of sp³-hybridized carbons (Fsp3) is 0.368. The Morgan fingerprint density at radius 1 is 1.15 bits per heavy atom. The molecule has 5 nitrogen and oxygen atoms in total. The topological polar surface area (TPSA) is 58.5 Å². The van der Waals surface area contributed by atoms with E-state index in [0.717, 1.165) is 18.1 Å². The van der Waals surface area contributed by atoms with E-state index in [1.807, 2.05) is 13.0 Å². The normalized spacial score (nSPS) is 11.5. The second-order valence-corrected chi connectivity index (χ2v) is 6.63. The molecular weight excluding hydrogens is 446 g/mol. The summed E-state index contributed by atoms with van der Waals surface area (Å²) in [6.07, 6.45) is 1.73. The number of pyridine rings is 1. The Morgan fingerprint density at radius 2 is 1.85 bits per heavy atom. The van der Waals surface area contributed by atoms with Crippen molar-refractivity contribution >= 4 is 29.9 Å². The second kappa shape index (κ2) is 10.3. The number of hydrogen-bond donors (Lipinski definition) is 2. The van der Waals surface area contributed by atoms with Crippen LogP contribution in [0.4, 0.5) is 4.39 Å². The molecule has 0 saturated carbocycles. The standard InChI is InChI=1S/C19H25FN4O.HI/c1-5-21-18(24-19(2,3)4)23-13-14-6-11-17(22-12-14)25-16-9-7-15(20)8-10-16;/h6-12H,5,13H2,1-4H3,(H2,21,23,24);1H. The van der Waals surface area contributed by atoms with Gasteiger partial charge >= 0.3 is 0 Å². The molecule has 2 aromatic rings. The van der Waals surface area contributed by atoms with Crippen LogP contribution in [0.15, 0.2) is 47.6 Å². The maximum Gasteiger partial charge on any atom is 0.219 e. The maximum atomic E-state index is 12.9. The lowest BCUT2D eigenvalue weighted by molar-refractivity contribution is 0.461. The summed E-state index contributed by atoms with van der Waals surface area (Å²) in [5.41, 5.74) is 0.907. The first-order valence-electron chi connectivity index (χ1n) is 8.30. The highest BCUT2D eigenvalue weighted by Crippen LogP contribution is 2.19. The van der Waals surface area contributed by atoms with E-state index in [-0.39, 0.29) is 35.3 Å². The molecule has 0 aliphatic heterocycles. The molecule has 0 bridgehead atoms. The van der Waals surface area contributed by atoms with Crippen molar-refractivity contribution in [3.05, 3.63) is 54.0 Å². The van der Waals surface area contributed by atoms with Gasteiger partial charge in [-0.25, -0.2) is 14.4 Å². The summed E-state index contributed by atoms with van der Waals surface area (Å²) in [7, 11) is 0. The lowest BCUT2D eigenvalue weighted by Gasteiger charge is -2.23. The van der Waals surface area contributed by atoms with Gasteiger partial charge in [0.05, 0.1) is 6.54 Å². The Balaban J connectivity index is 0.00000338. The molecule has 142 valence electrons. The van der Waals surface area contributed by atoms with Gasteiger partial charge in [0.15, 0.2) is 5.96 Å². The molecule has 0 spiro atoms. The number of benzene rings is 1. The number of aliphatic imine (C=N–C) groups is 1. The van der Waals surface area contributed by atoms with Crippen molar-refractivity contribution in [3.8, 4) is 11.6 Å². The molecule has 0 unspecified atom stereocenters. The molecule has 0 atom stereocenters. The predicted molar refractivity (Wildman–Crippen MR) is 114 cm³/mol. The molecule has 1 aromatic heterocycles. The van der Waals surface area contributed by atoms with Crippen LogP contribution in [0.25, 0.3) is 0 Å². The van der Waals surface area contributed by atoms with Crippen LogP contribution in [-0.4, -0.2) is 23.0 Å². The first-order chi connectivity index (χ1) is 11.9. The molecule has 2 rings (SSSR count). The molecule has 0 saturated heterocycles. The van der Waals surface area contributed by atoms with Crippen molar-refractivity contribution < 1.29 is 9.13 Å². The van der Waals surface area contributed by atoms with Gasteiger partial charge in [0.25, 0.3) is 0 Å². The van der Waals surface area contributed by atoms with Crippen LogP contribution in [0, 0.1) is 5.82 Å². The van der Waals surface area contributed by atoms with Gasteiger partial charge in [-0.05, 0) is 57.5 Å². The van der Waals surface area contributed by atoms with E-state index in [2.05, 4.69) is 41.4 Å². The van der Waals surface area contributed by atoms with E-state index in [4.69, 9.17) is 4.74 Å². The molecule has 0 aliphatic carbocycles. The fourth-order valence-corrected chi connectivity index (χ4v) is 2.02. The van der Waals surface area contributed by atoms with Gasteiger partial charge in [0.2, 0.25) is 5.88 Å². The van der Waals surface area contributed by atoms with Crippen LogP contribution in [0.1, 0.15) is 33.3 Å². The molecule has 1 heterocycles. The van der Waals surface area contributed by atoms with Gasteiger partial charge in [-0.15, -0.1) is 24.0 Å². The lowest BCUT2D eigenvalue weighted by atomic mass is 10.1. The van der Waals surface area contributed by atoms with Crippen LogP contribution < -0.4 is 15.4 Å². The van der Waals surface area contributed by atoms with Crippen LogP contribution in [0.3, 0.4) is 0 Å². The van der Waals surface area contributed by atoms with Crippen molar-refractivity contribution in [2.24, 2.45) is 4.99 Å². The number of nitrogens with one attached hydrogen (secondary N) is 2. The van der Waals surface area contributed by atoms with E-state index in [9.17, 15) is 4.39 Å². The summed E-state index contributed by atoms with van der Waals surface area (Å²) in [6.45, 7) is 9.60. The van der Waals surface area contributed by atoms with Crippen LogP contribution in [0.2, 0.25) is 0 Å². The third kappa shape index (κ3) is 7.99. The molecule has 2 N–H and O–H groups in total. The minimum Gasteiger partial charge on any atom is -0.439 e. The Kier molecular flexibility index (Phi) is 8.77. The molecule has 0 fully saturated rings. The van der Waals surface area contributed by atoms with Gasteiger partial charge in [-0.3, -0.25) is 0 Å². The van der Waals surface area contributed by atoms with Crippen LogP contribution in [0.5, 0.6) is 11.6 Å². The van der Waals surface area contributed by atoms with Gasteiger partial charge < -0.3 is 15.4 Å². The van der Waals surface area contributed by atoms with Crippen molar-refractivity contribution in [2.75, 3.05) is 6.54 Å². The number of rotatable bonds is 5. The molecule has 0 radical (unpaired) electrons. The van der Waals surface area contributed by atoms with E-state index >= 15 is 0 Å². The number of aromatic nitrogens is 1. The first-order valence-corrected chi connectivity index (χ1v) is 8.30. The Labute approximate surface area is 171 Å². The van der Waals surface area contributed by atoms with E-state index in [1.165, 1.54) is 12.1 Å². The summed E-state index contributed by atoms with van der Waals surface area (Å²) in [5.74, 6) is 1.47. The zero-order chi connectivity index (χ0) is 18.3. The van der Waals surface area contributed by atoms with Crippen molar-refractivity contribution in [2.45, 2.75) is 39.8 Å². The molecule has 7 heteroatoms. The Bertz CT molecular complexity index is 697. The van der Waals surface area contributed by atoms with Gasteiger partial charge in [0.1, 0.15) is 11.6 Å². The Hall–Kier alpha value is -1.90. The minimum absolute atomic E-state index is 0. The SMILES string of the molecule is CCNC(=NCc1ccc(Oc2ccc(F)cc2)nc1)NC(C)(C)C.I. The summed E-state index contributed by atoms with van der Waals surface area (Å²) >= 11 is 0. The molecular formula is C19H26FIN4O. The average Bonchev–Trinajstić information content (AvgIpc) is 2.55. The smallest absolute Gasteiger partial charge is 0.219 e. The van der Waals surface area contributed by atoms with Crippen molar-refractivity contribution in [3.63, 3.8) is 0 Å². The highest BCUT2D eigenvalue weighted by molar-refractivity contribution is 14.0. The first kappa shape index (κ1) is 22.1. The number of guanidine groups is 1. The number of hydrogen-bond acceptors (Lipinski definition) is 3. The van der Waals surface area contributed by atoms with E-state index < -0.39 is 0 Å². The third-order valence-corrected chi connectivity index (χ3v) is 3.09. The van der Waals surface area contributed by atoms with Gasteiger partial charge in [0, 0.05) is 24.3 Å². The summed E-state index contributed by atoms with van der Waals surface area (Å²) in [6, 6.07) is 9.52. The van der Waals surface area contributed by atoms with Crippen molar-refractivity contribution in [1.29, 1.82) is 0 Å². The monoisotopic (exact) mass is 472 g/mol. The number of ether oxygens (including phenoxy) is 1. The zero-order valence-corrected chi connectivity index (χ0v) is 17.9. The van der Waals surface area contributed by atoms with E-state index in [0.29, 0.717) is 18.2 Å². The Morgan fingerprint density at radius 3 is 2.38 bits per heavy atom. The quantitative estimate of drug-likeness (QED) is 0.383. The van der Waals surface area contributed by atoms with Gasteiger partial charge in [-0.1, -0.05) is 6.07 Å². The van der Waals surface area contributed by atoms with Crippen LogP contribution in [-0.2, 0) is 6.54 Å². The number of halogens is 2. The highest BCUT2D eigenvalue weighted by atomic mass is 127. The summed E-state index contributed by atoms with van der Waals surface area (Å²) < 4.78 is 18.5. The molecule has 26 heavy (non-hydrogen) atoms.